The van der Waals surface area contributed by atoms with Crippen LogP contribution in [0.15, 0.2) is 18.2 Å². The van der Waals surface area contributed by atoms with Gasteiger partial charge in [0.15, 0.2) is 0 Å². The lowest BCUT2D eigenvalue weighted by Crippen LogP contribution is -2.18. The highest BCUT2D eigenvalue weighted by atomic mass is 35.5. The van der Waals surface area contributed by atoms with Crippen molar-refractivity contribution < 1.29 is 4.74 Å². The van der Waals surface area contributed by atoms with Crippen molar-refractivity contribution in [2.24, 2.45) is 0 Å². The monoisotopic (exact) mass is 325 g/mol. The first-order valence-corrected chi connectivity index (χ1v) is 7.21. The molecule has 4 nitrogen and oxygen atoms in total. The highest BCUT2D eigenvalue weighted by Crippen LogP contribution is 2.34. The van der Waals surface area contributed by atoms with Crippen molar-refractivity contribution >= 4 is 29.0 Å². The molecule has 0 saturated carbocycles. The summed E-state index contributed by atoms with van der Waals surface area (Å²) in [5.74, 6) is 1.82. The number of halogens is 2. The molecule has 0 fully saturated rings. The largest absolute Gasteiger partial charge is 0.437 e. The number of aromatic nitrogens is 2. The SMILES string of the molecule is Cc1c(N)nc(C(C)(C)C)nc1Oc1cc(Cl)ccc1Cl. The maximum atomic E-state index is 6.11. The summed E-state index contributed by atoms with van der Waals surface area (Å²) in [6, 6.07) is 5.00. The van der Waals surface area contributed by atoms with E-state index in [0.29, 0.717) is 38.9 Å². The molecule has 2 rings (SSSR count). The number of benzene rings is 1. The van der Waals surface area contributed by atoms with Gasteiger partial charge in [-0.15, -0.1) is 0 Å². The van der Waals surface area contributed by atoms with E-state index in [4.69, 9.17) is 33.7 Å². The Morgan fingerprint density at radius 3 is 2.43 bits per heavy atom. The molecule has 6 heteroatoms. The van der Waals surface area contributed by atoms with Crippen molar-refractivity contribution in [3.8, 4) is 11.6 Å². The maximum absolute atomic E-state index is 6.11. The van der Waals surface area contributed by atoms with Crippen molar-refractivity contribution in [1.29, 1.82) is 0 Å². The number of nitrogen functional groups attached to an aromatic ring is 1. The molecule has 0 radical (unpaired) electrons. The third-order valence-corrected chi connectivity index (χ3v) is 3.46. The number of rotatable bonds is 2. The predicted octanol–water partition coefficient (Wildman–Crippen LogP) is 4.76. The van der Waals surface area contributed by atoms with Crippen LogP contribution in [0.2, 0.25) is 10.0 Å². The minimum absolute atomic E-state index is 0.238. The molecule has 1 heterocycles. The summed E-state index contributed by atoms with van der Waals surface area (Å²) >= 11 is 12.1. The topological polar surface area (TPSA) is 61.0 Å². The molecule has 0 saturated heterocycles. The zero-order chi connectivity index (χ0) is 15.8. The van der Waals surface area contributed by atoms with Gasteiger partial charge < -0.3 is 10.5 Å². The van der Waals surface area contributed by atoms with Crippen LogP contribution in [0.4, 0.5) is 5.82 Å². The Morgan fingerprint density at radius 1 is 1.14 bits per heavy atom. The first kappa shape index (κ1) is 15.9. The lowest BCUT2D eigenvalue weighted by molar-refractivity contribution is 0.443. The molecule has 21 heavy (non-hydrogen) atoms. The van der Waals surface area contributed by atoms with E-state index in [1.54, 1.807) is 25.1 Å². The van der Waals surface area contributed by atoms with Gasteiger partial charge in [-0.1, -0.05) is 44.0 Å². The maximum Gasteiger partial charge on any atom is 0.227 e. The minimum Gasteiger partial charge on any atom is -0.437 e. The van der Waals surface area contributed by atoms with E-state index in [2.05, 4.69) is 9.97 Å². The molecule has 112 valence electrons. The zero-order valence-electron chi connectivity index (χ0n) is 12.4. The summed E-state index contributed by atoms with van der Waals surface area (Å²) in [7, 11) is 0. The van der Waals surface area contributed by atoms with Gasteiger partial charge in [-0.3, -0.25) is 0 Å². The van der Waals surface area contributed by atoms with Crippen molar-refractivity contribution in [2.45, 2.75) is 33.1 Å². The van der Waals surface area contributed by atoms with Crippen molar-refractivity contribution in [3.63, 3.8) is 0 Å². The molecule has 0 atom stereocenters. The van der Waals surface area contributed by atoms with Gasteiger partial charge in [0.25, 0.3) is 0 Å². The lowest BCUT2D eigenvalue weighted by Gasteiger charge is -2.19. The van der Waals surface area contributed by atoms with Crippen LogP contribution in [-0.4, -0.2) is 9.97 Å². The molecule has 0 amide bonds. The molecule has 1 aromatic heterocycles. The van der Waals surface area contributed by atoms with Crippen LogP contribution in [0.25, 0.3) is 0 Å². The fraction of sp³-hybridized carbons (Fsp3) is 0.333. The van der Waals surface area contributed by atoms with Gasteiger partial charge in [-0.2, -0.15) is 4.98 Å². The van der Waals surface area contributed by atoms with Gasteiger partial charge in [-0.25, -0.2) is 4.98 Å². The molecule has 2 aromatic rings. The van der Waals surface area contributed by atoms with Crippen LogP contribution < -0.4 is 10.5 Å². The Bertz CT molecular complexity index is 681. The van der Waals surface area contributed by atoms with E-state index in [0.717, 1.165) is 0 Å². The number of nitrogens with two attached hydrogens (primary N) is 1. The average molecular weight is 326 g/mol. The second kappa shape index (κ2) is 5.70. The number of anilines is 1. The van der Waals surface area contributed by atoms with Gasteiger partial charge in [0.2, 0.25) is 5.88 Å². The summed E-state index contributed by atoms with van der Waals surface area (Å²) in [6.45, 7) is 7.82. The van der Waals surface area contributed by atoms with Crippen molar-refractivity contribution in [1.82, 2.24) is 9.97 Å². The van der Waals surface area contributed by atoms with E-state index in [1.807, 2.05) is 20.8 Å². The fourth-order valence-corrected chi connectivity index (χ4v) is 1.93. The van der Waals surface area contributed by atoms with Crippen LogP contribution in [0.1, 0.15) is 32.2 Å². The Kier molecular flexibility index (Phi) is 4.30. The highest BCUT2D eigenvalue weighted by molar-refractivity contribution is 6.34. The molecule has 0 aliphatic rings. The Balaban J connectivity index is 2.49. The third kappa shape index (κ3) is 3.57. The van der Waals surface area contributed by atoms with Crippen LogP contribution in [0.5, 0.6) is 11.6 Å². The lowest BCUT2D eigenvalue weighted by atomic mass is 9.95. The first-order valence-electron chi connectivity index (χ1n) is 6.46. The zero-order valence-corrected chi connectivity index (χ0v) is 13.9. The van der Waals surface area contributed by atoms with Crippen molar-refractivity contribution in [3.05, 3.63) is 39.6 Å². The molecule has 1 aromatic carbocycles. The Morgan fingerprint density at radius 2 is 1.81 bits per heavy atom. The first-order chi connectivity index (χ1) is 9.68. The van der Waals surface area contributed by atoms with Crippen LogP contribution in [0, 0.1) is 6.92 Å². The smallest absolute Gasteiger partial charge is 0.227 e. The number of nitrogens with zero attached hydrogens (tertiary/aromatic N) is 2. The van der Waals surface area contributed by atoms with Gasteiger partial charge in [0.05, 0.1) is 10.6 Å². The normalized spacial score (nSPS) is 11.5. The Hall–Kier alpha value is -1.52. The van der Waals surface area contributed by atoms with Gasteiger partial charge in [0.1, 0.15) is 17.4 Å². The molecular weight excluding hydrogens is 309 g/mol. The fourth-order valence-electron chi connectivity index (χ4n) is 1.61. The Labute approximate surface area is 134 Å². The number of hydrogen-bond acceptors (Lipinski definition) is 4. The van der Waals surface area contributed by atoms with E-state index < -0.39 is 0 Å². The summed E-state index contributed by atoms with van der Waals surface area (Å²) in [4.78, 5) is 8.77. The van der Waals surface area contributed by atoms with Crippen LogP contribution in [0.3, 0.4) is 0 Å². The minimum atomic E-state index is -0.238. The molecule has 0 unspecified atom stereocenters. The quantitative estimate of drug-likeness (QED) is 0.864. The predicted molar refractivity (Wildman–Crippen MR) is 86.4 cm³/mol. The van der Waals surface area contributed by atoms with E-state index in [1.165, 1.54) is 0 Å². The second-order valence-corrected chi connectivity index (χ2v) is 6.63. The molecule has 0 bridgehead atoms. The molecule has 2 N–H and O–H groups in total. The van der Waals surface area contributed by atoms with Crippen LogP contribution >= 0.6 is 23.2 Å². The van der Waals surface area contributed by atoms with E-state index >= 15 is 0 Å². The average Bonchev–Trinajstić information content (AvgIpc) is 2.37. The summed E-state index contributed by atoms with van der Waals surface area (Å²) in [5, 5.41) is 0.985. The number of hydrogen-bond donors (Lipinski definition) is 1. The molecular formula is C15H17Cl2N3O. The number of ether oxygens (including phenoxy) is 1. The molecule has 0 aliphatic carbocycles. The summed E-state index contributed by atoms with van der Waals surface area (Å²) in [5.41, 5.74) is 6.38. The van der Waals surface area contributed by atoms with Crippen molar-refractivity contribution in [2.75, 3.05) is 5.73 Å². The summed E-state index contributed by atoms with van der Waals surface area (Å²) < 4.78 is 5.79. The van der Waals surface area contributed by atoms with Gasteiger partial charge in [-0.05, 0) is 19.1 Å². The second-order valence-electron chi connectivity index (χ2n) is 5.79. The standard InChI is InChI=1S/C15H17Cl2N3O/c1-8-12(18)19-14(15(2,3)4)20-13(8)21-11-7-9(16)5-6-10(11)17/h5-7H,1-4H3,(H2,18,19,20). The van der Waals surface area contributed by atoms with Gasteiger partial charge in [0, 0.05) is 16.5 Å². The summed E-state index contributed by atoms with van der Waals surface area (Å²) in [6.07, 6.45) is 0. The van der Waals surface area contributed by atoms with Crippen LogP contribution in [-0.2, 0) is 5.41 Å². The molecule has 0 spiro atoms. The van der Waals surface area contributed by atoms with E-state index in [-0.39, 0.29) is 5.41 Å². The van der Waals surface area contributed by atoms with Gasteiger partial charge >= 0.3 is 0 Å². The molecule has 0 aliphatic heterocycles. The third-order valence-electron chi connectivity index (χ3n) is 2.91. The highest BCUT2D eigenvalue weighted by Gasteiger charge is 2.21. The van der Waals surface area contributed by atoms with E-state index in [9.17, 15) is 0 Å².